The smallest absolute Gasteiger partial charge is 0.225 e. The summed E-state index contributed by atoms with van der Waals surface area (Å²) in [5.74, 6) is 0.00806. The van der Waals surface area contributed by atoms with Crippen LogP contribution in [0.1, 0.15) is 12.5 Å². The van der Waals surface area contributed by atoms with Crippen molar-refractivity contribution in [2.75, 3.05) is 0 Å². The Labute approximate surface area is 83.8 Å². The van der Waals surface area contributed by atoms with E-state index >= 15 is 0 Å². The molecule has 1 rings (SSSR count). The lowest BCUT2D eigenvalue weighted by Gasteiger charge is -2.06. The first-order valence-corrected chi connectivity index (χ1v) is 4.71. The Balaban J connectivity index is 2.46. The van der Waals surface area contributed by atoms with Gasteiger partial charge < -0.3 is 5.32 Å². The molecule has 1 aromatic carbocycles. The number of amides is 1. The fraction of sp³-hybridized carbons (Fsp3) is 0.300. The van der Waals surface area contributed by atoms with Crippen LogP contribution in [0, 0.1) is 0 Å². The Morgan fingerprint density at radius 1 is 1.46 bits per heavy atom. The molecular weight excluding hydrogens is 182 g/mol. The lowest BCUT2D eigenvalue weighted by Crippen LogP contribution is -2.29. The summed E-state index contributed by atoms with van der Waals surface area (Å²) in [6.07, 6.45) is 0.422. The summed E-state index contributed by atoms with van der Waals surface area (Å²) >= 11 is 4.07. The molecule has 0 aliphatic heterocycles. The largest absolute Gasteiger partial charge is 0.345 e. The molecule has 0 aliphatic rings. The van der Waals surface area contributed by atoms with Crippen LogP contribution in [0.4, 0.5) is 0 Å². The second kappa shape index (κ2) is 4.92. The van der Waals surface area contributed by atoms with Crippen LogP contribution >= 0.6 is 12.6 Å². The van der Waals surface area contributed by atoms with Gasteiger partial charge in [0.25, 0.3) is 0 Å². The van der Waals surface area contributed by atoms with Gasteiger partial charge in [-0.05, 0) is 12.5 Å². The van der Waals surface area contributed by atoms with Gasteiger partial charge in [0.15, 0.2) is 0 Å². The number of hydrogen-bond acceptors (Lipinski definition) is 2. The average Bonchev–Trinajstić information content (AvgIpc) is 2.04. The molecule has 0 fully saturated rings. The fourth-order valence-corrected chi connectivity index (χ4v) is 1.21. The summed E-state index contributed by atoms with van der Waals surface area (Å²) in [4.78, 5) is 11.3. The standard InChI is InChI=1S/C10H13NOS/c1-8(13)11-10(12)7-9-5-3-2-4-6-9/h2-6,8,13H,7H2,1H3,(H,11,12). The molecule has 0 radical (unpaired) electrons. The van der Waals surface area contributed by atoms with E-state index in [4.69, 9.17) is 0 Å². The summed E-state index contributed by atoms with van der Waals surface area (Å²) in [6.45, 7) is 1.83. The molecule has 1 unspecified atom stereocenters. The van der Waals surface area contributed by atoms with Crippen molar-refractivity contribution < 1.29 is 4.79 Å². The van der Waals surface area contributed by atoms with Gasteiger partial charge in [-0.15, -0.1) is 0 Å². The predicted molar refractivity (Wildman–Crippen MR) is 56.7 cm³/mol. The van der Waals surface area contributed by atoms with Gasteiger partial charge in [-0.3, -0.25) is 4.79 Å². The summed E-state index contributed by atoms with van der Waals surface area (Å²) < 4.78 is 0. The van der Waals surface area contributed by atoms with E-state index in [0.717, 1.165) is 5.56 Å². The maximum atomic E-state index is 11.3. The SMILES string of the molecule is CC(S)NC(=O)Cc1ccccc1. The zero-order valence-corrected chi connectivity index (χ0v) is 8.42. The van der Waals surface area contributed by atoms with E-state index in [2.05, 4.69) is 17.9 Å². The maximum Gasteiger partial charge on any atom is 0.225 e. The normalized spacial score (nSPS) is 12.2. The number of carbonyl (C=O) groups excluding carboxylic acids is 1. The number of hydrogen-bond donors (Lipinski definition) is 2. The molecule has 1 amide bonds. The van der Waals surface area contributed by atoms with E-state index in [9.17, 15) is 4.79 Å². The monoisotopic (exact) mass is 195 g/mol. The molecule has 0 spiro atoms. The van der Waals surface area contributed by atoms with Crippen molar-refractivity contribution in [1.82, 2.24) is 5.32 Å². The molecule has 2 nitrogen and oxygen atoms in total. The number of rotatable bonds is 3. The topological polar surface area (TPSA) is 29.1 Å². The van der Waals surface area contributed by atoms with E-state index < -0.39 is 0 Å². The van der Waals surface area contributed by atoms with Gasteiger partial charge >= 0.3 is 0 Å². The van der Waals surface area contributed by atoms with Gasteiger partial charge in [0, 0.05) is 0 Å². The van der Waals surface area contributed by atoms with Crippen molar-refractivity contribution in [1.29, 1.82) is 0 Å². The fourth-order valence-electron chi connectivity index (χ4n) is 1.07. The van der Waals surface area contributed by atoms with Gasteiger partial charge in [0.2, 0.25) is 5.91 Å². The molecule has 0 heterocycles. The molecule has 0 saturated carbocycles. The third-order valence-corrected chi connectivity index (χ3v) is 1.71. The van der Waals surface area contributed by atoms with Gasteiger partial charge in [0.1, 0.15) is 0 Å². The molecule has 0 bridgehead atoms. The minimum Gasteiger partial charge on any atom is -0.345 e. The first kappa shape index (κ1) is 10.1. The molecule has 0 aromatic heterocycles. The van der Waals surface area contributed by atoms with Crippen molar-refractivity contribution in [2.24, 2.45) is 0 Å². The van der Waals surface area contributed by atoms with Gasteiger partial charge in [-0.25, -0.2) is 0 Å². The highest BCUT2D eigenvalue weighted by Gasteiger charge is 2.03. The molecule has 1 atom stereocenters. The predicted octanol–water partition coefficient (Wildman–Crippen LogP) is 1.62. The Hall–Kier alpha value is -0.960. The van der Waals surface area contributed by atoms with E-state index in [1.807, 2.05) is 37.3 Å². The lowest BCUT2D eigenvalue weighted by molar-refractivity contribution is -0.120. The quantitative estimate of drug-likeness (QED) is 0.557. The van der Waals surface area contributed by atoms with Crippen LogP contribution in [0.25, 0.3) is 0 Å². The first-order chi connectivity index (χ1) is 6.18. The van der Waals surface area contributed by atoms with Crippen LogP contribution in [-0.4, -0.2) is 11.3 Å². The summed E-state index contributed by atoms with van der Waals surface area (Å²) in [7, 11) is 0. The van der Waals surface area contributed by atoms with Crippen molar-refractivity contribution in [3.05, 3.63) is 35.9 Å². The van der Waals surface area contributed by atoms with Crippen LogP contribution < -0.4 is 5.32 Å². The average molecular weight is 195 g/mol. The maximum absolute atomic E-state index is 11.3. The molecule has 1 N–H and O–H groups in total. The highest BCUT2D eigenvalue weighted by Crippen LogP contribution is 1.99. The lowest BCUT2D eigenvalue weighted by atomic mass is 10.1. The van der Waals surface area contributed by atoms with Gasteiger partial charge in [-0.2, -0.15) is 12.6 Å². The summed E-state index contributed by atoms with van der Waals surface area (Å²) in [6, 6.07) is 9.65. The van der Waals surface area contributed by atoms with Crippen LogP contribution in [0.2, 0.25) is 0 Å². The van der Waals surface area contributed by atoms with Crippen molar-refractivity contribution >= 4 is 18.5 Å². The second-order valence-electron chi connectivity index (χ2n) is 2.91. The van der Waals surface area contributed by atoms with Crippen LogP contribution in [0.15, 0.2) is 30.3 Å². The Morgan fingerprint density at radius 2 is 2.08 bits per heavy atom. The number of carbonyl (C=O) groups is 1. The molecular formula is C10H13NOS. The number of thiol groups is 1. The summed E-state index contributed by atoms with van der Waals surface area (Å²) in [5, 5.41) is 2.63. The zero-order chi connectivity index (χ0) is 9.68. The highest BCUT2D eigenvalue weighted by molar-refractivity contribution is 7.80. The molecule has 1 aromatic rings. The van der Waals surface area contributed by atoms with Crippen molar-refractivity contribution in [3.63, 3.8) is 0 Å². The van der Waals surface area contributed by atoms with E-state index in [1.165, 1.54) is 0 Å². The third kappa shape index (κ3) is 3.99. The minimum absolute atomic E-state index is 0.00806. The second-order valence-corrected chi connectivity index (χ2v) is 3.68. The number of nitrogens with one attached hydrogen (secondary N) is 1. The Bertz CT molecular complexity index is 272. The molecule has 70 valence electrons. The zero-order valence-electron chi connectivity index (χ0n) is 7.53. The van der Waals surface area contributed by atoms with E-state index in [1.54, 1.807) is 0 Å². The van der Waals surface area contributed by atoms with Crippen LogP contribution in [-0.2, 0) is 11.2 Å². The Morgan fingerprint density at radius 3 is 2.62 bits per heavy atom. The van der Waals surface area contributed by atoms with Crippen molar-refractivity contribution in [2.45, 2.75) is 18.7 Å². The molecule has 13 heavy (non-hydrogen) atoms. The first-order valence-electron chi connectivity index (χ1n) is 4.20. The number of benzene rings is 1. The van der Waals surface area contributed by atoms with Gasteiger partial charge in [-0.1, -0.05) is 30.3 Å². The molecule has 3 heteroatoms. The molecule has 0 aliphatic carbocycles. The molecule has 0 saturated heterocycles. The Kier molecular flexibility index (Phi) is 3.83. The van der Waals surface area contributed by atoms with Crippen LogP contribution in [0.5, 0.6) is 0 Å². The van der Waals surface area contributed by atoms with Crippen LogP contribution in [0.3, 0.4) is 0 Å². The minimum atomic E-state index is -0.0868. The van der Waals surface area contributed by atoms with Crippen molar-refractivity contribution in [3.8, 4) is 0 Å². The third-order valence-electron chi connectivity index (χ3n) is 1.58. The van der Waals surface area contributed by atoms with Gasteiger partial charge in [0.05, 0.1) is 11.8 Å². The van der Waals surface area contributed by atoms with E-state index in [0.29, 0.717) is 6.42 Å². The van der Waals surface area contributed by atoms with E-state index in [-0.39, 0.29) is 11.3 Å². The summed E-state index contributed by atoms with van der Waals surface area (Å²) in [5.41, 5.74) is 1.02. The highest BCUT2D eigenvalue weighted by atomic mass is 32.1.